The first-order valence-corrected chi connectivity index (χ1v) is 11.7. The molecule has 0 radical (unpaired) electrons. The SMILES string of the molecule is COc1cc2c(cc1-c1nnc(SCC(=O)c3c(C)[nH]c4ccccc34)n1C)OCCCO2. The summed E-state index contributed by atoms with van der Waals surface area (Å²) >= 11 is 1.36. The number of carbonyl (C=O) groups excluding carboxylic acids is 1. The van der Waals surface area contributed by atoms with Crippen LogP contribution in [0.1, 0.15) is 22.5 Å². The van der Waals surface area contributed by atoms with Crippen molar-refractivity contribution in [2.75, 3.05) is 26.1 Å². The van der Waals surface area contributed by atoms with E-state index in [2.05, 4.69) is 15.2 Å². The molecule has 3 heterocycles. The van der Waals surface area contributed by atoms with Gasteiger partial charge in [-0.2, -0.15) is 0 Å². The number of benzene rings is 2. The van der Waals surface area contributed by atoms with Crippen LogP contribution in [0.25, 0.3) is 22.3 Å². The molecule has 8 nitrogen and oxygen atoms in total. The molecule has 0 amide bonds. The molecule has 1 aliphatic rings. The molecule has 170 valence electrons. The standard InChI is InChI=1S/C24H24N4O4S/c1-14-22(15-7-4-5-8-17(15)25-14)18(29)13-33-24-27-26-23(28(24)2)16-11-20-21(12-19(16)30-3)32-10-6-9-31-20/h4-5,7-8,11-12,25H,6,9-10,13H2,1-3H3. The molecule has 0 spiro atoms. The predicted molar refractivity (Wildman–Crippen MR) is 127 cm³/mol. The maximum Gasteiger partial charge on any atom is 0.191 e. The molecule has 0 atom stereocenters. The number of rotatable bonds is 6. The Morgan fingerprint density at radius 3 is 2.73 bits per heavy atom. The van der Waals surface area contributed by atoms with Crippen molar-refractivity contribution in [3.63, 3.8) is 0 Å². The lowest BCUT2D eigenvalue weighted by molar-refractivity contribution is 0.102. The van der Waals surface area contributed by atoms with E-state index in [0.29, 0.717) is 41.4 Å². The summed E-state index contributed by atoms with van der Waals surface area (Å²) in [5.74, 6) is 2.87. The molecule has 0 unspecified atom stereocenters. The molecule has 0 saturated heterocycles. The van der Waals surface area contributed by atoms with Crippen molar-refractivity contribution in [2.24, 2.45) is 7.05 Å². The summed E-state index contributed by atoms with van der Waals surface area (Å²) in [4.78, 5) is 16.3. The largest absolute Gasteiger partial charge is 0.496 e. The number of hydrogen-bond acceptors (Lipinski definition) is 7. The van der Waals surface area contributed by atoms with Crippen molar-refractivity contribution < 1.29 is 19.0 Å². The highest BCUT2D eigenvalue weighted by molar-refractivity contribution is 7.99. The van der Waals surface area contributed by atoms with Gasteiger partial charge in [-0.05, 0) is 19.1 Å². The van der Waals surface area contributed by atoms with Crippen LogP contribution in [0, 0.1) is 6.92 Å². The van der Waals surface area contributed by atoms with Crippen LogP contribution < -0.4 is 14.2 Å². The highest BCUT2D eigenvalue weighted by Gasteiger charge is 2.22. The van der Waals surface area contributed by atoms with E-state index < -0.39 is 0 Å². The zero-order chi connectivity index (χ0) is 22.9. The van der Waals surface area contributed by atoms with Crippen LogP contribution in [0.3, 0.4) is 0 Å². The third-order valence-electron chi connectivity index (χ3n) is 5.65. The Kier molecular flexibility index (Phi) is 5.72. The van der Waals surface area contributed by atoms with Crippen molar-refractivity contribution in [3.05, 3.63) is 47.7 Å². The van der Waals surface area contributed by atoms with Gasteiger partial charge in [-0.25, -0.2) is 0 Å². The number of ether oxygens (including phenoxy) is 3. The number of carbonyl (C=O) groups is 1. The van der Waals surface area contributed by atoms with Gasteiger partial charge in [-0.3, -0.25) is 4.79 Å². The summed E-state index contributed by atoms with van der Waals surface area (Å²) in [7, 11) is 3.48. The van der Waals surface area contributed by atoms with Crippen molar-refractivity contribution in [2.45, 2.75) is 18.5 Å². The third kappa shape index (κ3) is 3.93. The Hall–Kier alpha value is -3.46. The molecule has 33 heavy (non-hydrogen) atoms. The molecule has 9 heteroatoms. The van der Waals surface area contributed by atoms with Crippen LogP contribution >= 0.6 is 11.8 Å². The second-order valence-electron chi connectivity index (χ2n) is 7.80. The lowest BCUT2D eigenvalue weighted by atomic mass is 10.1. The van der Waals surface area contributed by atoms with Crippen LogP contribution in [0.4, 0.5) is 0 Å². The Morgan fingerprint density at radius 2 is 1.94 bits per heavy atom. The number of aryl methyl sites for hydroxylation is 1. The lowest BCUT2D eigenvalue weighted by Crippen LogP contribution is -2.05. The first-order chi connectivity index (χ1) is 16.1. The summed E-state index contributed by atoms with van der Waals surface area (Å²) in [6.07, 6.45) is 0.820. The normalized spacial score (nSPS) is 13.2. The molecular weight excluding hydrogens is 440 g/mol. The Morgan fingerprint density at radius 1 is 1.18 bits per heavy atom. The number of aromatic nitrogens is 4. The van der Waals surface area contributed by atoms with Gasteiger partial charge in [0.25, 0.3) is 0 Å². The van der Waals surface area contributed by atoms with Gasteiger partial charge in [0.05, 0.1) is 31.6 Å². The Bertz CT molecular complexity index is 1340. The number of aromatic amines is 1. The molecule has 1 N–H and O–H groups in total. The fourth-order valence-electron chi connectivity index (χ4n) is 4.05. The number of ketones is 1. The molecule has 0 saturated carbocycles. The fraction of sp³-hybridized carbons (Fsp3) is 0.292. The van der Waals surface area contributed by atoms with Gasteiger partial charge >= 0.3 is 0 Å². The lowest BCUT2D eigenvalue weighted by Gasteiger charge is -2.13. The molecular formula is C24H24N4O4S. The predicted octanol–water partition coefficient (Wildman–Crippen LogP) is 4.42. The first kappa shape index (κ1) is 21.4. The van der Waals surface area contributed by atoms with E-state index in [0.717, 1.165) is 34.1 Å². The van der Waals surface area contributed by atoms with Crippen LogP contribution in [0.2, 0.25) is 0 Å². The second-order valence-corrected chi connectivity index (χ2v) is 8.74. The van der Waals surface area contributed by atoms with E-state index in [1.165, 1.54) is 11.8 Å². The fourth-order valence-corrected chi connectivity index (χ4v) is 4.83. The molecule has 2 aromatic heterocycles. The Balaban J connectivity index is 1.40. The molecule has 2 aromatic carbocycles. The number of H-pyrrole nitrogens is 1. The summed E-state index contributed by atoms with van der Waals surface area (Å²) in [5, 5.41) is 10.3. The smallest absolute Gasteiger partial charge is 0.191 e. The summed E-state index contributed by atoms with van der Waals surface area (Å²) in [6, 6.07) is 11.5. The van der Waals surface area contributed by atoms with Gasteiger partial charge in [-0.15, -0.1) is 10.2 Å². The minimum atomic E-state index is 0.0488. The number of thioether (sulfide) groups is 1. The van der Waals surface area contributed by atoms with Gasteiger partial charge < -0.3 is 23.8 Å². The molecule has 5 rings (SSSR count). The van der Waals surface area contributed by atoms with E-state index >= 15 is 0 Å². The topological polar surface area (TPSA) is 91.3 Å². The van der Waals surface area contributed by atoms with Crippen molar-refractivity contribution in [3.8, 4) is 28.6 Å². The van der Waals surface area contributed by atoms with Gasteiger partial charge in [0.15, 0.2) is 28.3 Å². The Labute approximate surface area is 195 Å². The highest BCUT2D eigenvalue weighted by atomic mass is 32.2. The average Bonchev–Trinajstić information content (AvgIpc) is 3.25. The van der Waals surface area contributed by atoms with E-state index in [1.807, 2.05) is 54.9 Å². The highest BCUT2D eigenvalue weighted by Crippen LogP contribution is 2.41. The van der Waals surface area contributed by atoms with E-state index in [-0.39, 0.29) is 11.5 Å². The van der Waals surface area contributed by atoms with Crippen molar-refractivity contribution in [1.82, 2.24) is 19.7 Å². The van der Waals surface area contributed by atoms with E-state index in [9.17, 15) is 4.79 Å². The number of nitrogens with one attached hydrogen (secondary N) is 1. The minimum absolute atomic E-state index is 0.0488. The molecule has 0 aliphatic carbocycles. The molecule has 4 aromatic rings. The van der Waals surface area contributed by atoms with E-state index in [1.54, 1.807) is 7.11 Å². The minimum Gasteiger partial charge on any atom is -0.496 e. The van der Waals surface area contributed by atoms with Crippen LogP contribution in [0.5, 0.6) is 17.2 Å². The number of Topliss-reactive ketones (excluding diaryl/α,β-unsaturated/α-hetero) is 1. The van der Waals surface area contributed by atoms with E-state index in [4.69, 9.17) is 14.2 Å². The van der Waals surface area contributed by atoms with Gasteiger partial charge in [0.1, 0.15) is 5.75 Å². The molecule has 0 bridgehead atoms. The van der Waals surface area contributed by atoms with Gasteiger partial charge in [-0.1, -0.05) is 30.0 Å². The average molecular weight is 465 g/mol. The zero-order valence-corrected chi connectivity index (χ0v) is 19.5. The number of nitrogens with zero attached hydrogens (tertiary/aromatic N) is 3. The summed E-state index contributed by atoms with van der Waals surface area (Å²) in [6.45, 7) is 3.12. The number of para-hydroxylation sites is 1. The maximum absolute atomic E-state index is 13.0. The third-order valence-corrected chi connectivity index (χ3v) is 6.67. The molecule has 0 fully saturated rings. The van der Waals surface area contributed by atoms with Crippen molar-refractivity contribution >= 4 is 28.4 Å². The number of hydrogen-bond donors (Lipinski definition) is 1. The van der Waals surface area contributed by atoms with Crippen LogP contribution in [0.15, 0.2) is 41.6 Å². The maximum atomic E-state index is 13.0. The zero-order valence-electron chi connectivity index (χ0n) is 18.7. The van der Waals surface area contributed by atoms with Crippen molar-refractivity contribution in [1.29, 1.82) is 0 Å². The quantitative estimate of drug-likeness (QED) is 0.334. The second kappa shape index (κ2) is 8.82. The van der Waals surface area contributed by atoms with Gasteiger partial charge in [0, 0.05) is 41.7 Å². The van der Waals surface area contributed by atoms with Crippen LogP contribution in [-0.2, 0) is 7.05 Å². The summed E-state index contributed by atoms with van der Waals surface area (Å²) in [5.41, 5.74) is 3.32. The number of fused-ring (bicyclic) bond motifs is 2. The summed E-state index contributed by atoms with van der Waals surface area (Å²) < 4.78 is 19.1. The van der Waals surface area contributed by atoms with Crippen LogP contribution in [-0.4, -0.2) is 51.6 Å². The number of methoxy groups -OCH3 is 1. The molecule has 1 aliphatic heterocycles. The van der Waals surface area contributed by atoms with Gasteiger partial charge in [0.2, 0.25) is 0 Å². The monoisotopic (exact) mass is 464 g/mol. The first-order valence-electron chi connectivity index (χ1n) is 10.7.